The normalized spacial score (nSPS) is 12.3. The summed E-state index contributed by atoms with van der Waals surface area (Å²) < 4.78 is 28.6. The first kappa shape index (κ1) is 12.4. The van der Waals surface area contributed by atoms with E-state index in [0.717, 1.165) is 4.47 Å². The number of hydrogen-bond acceptors (Lipinski definition) is 2. The Balaban J connectivity index is 2.52. The third-order valence-electron chi connectivity index (χ3n) is 2.52. The molecule has 1 heterocycles. The molecule has 0 aliphatic heterocycles. The van der Waals surface area contributed by atoms with Crippen LogP contribution in [-0.2, 0) is 6.54 Å². The molecule has 0 radical (unpaired) electrons. The molecule has 1 aromatic heterocycles. The minimum atomic E-state index is -3.14. The summed E-state index contributed by atoms with van der Waals surface area (Å²) in [6.45, 7) is -0.0657. The lowest BCUT2D eigenvalue weighted by molar-refractivity contribution is -0.0624. The lowest BCUT2D eigenvalue weighted by Gasteiger charge is -2.15. The quantitative estimate of drug-likeness (QED) is 0.947. The van der Waals surface area contributed by atoms with Crippen LogP contribution in [0.4, 0.5) is 8.78 Å². The van der Waals surface area contributed by atoms with Gasteiger partial charge in [-0.1, -0.05) is 15.9 Å². The van der Waals surface area contributed by atoms with Crippen molar-refractivity contribution in [1.29, 1.82) is 0 Å². The van der Waals surface area contributed by atoms with E-state index in [1.54, 1.807) is 19.1 Å². The molecule has 0 unspecified atom stereocenters. The zero-order valence-corrected chi connectivity index (χ0v) is 10.7. The van der Waals surface area contributed by atoms with Crippen LogP contribution < -0.4 is 0 Å². The molecule has 0 bridgehead atoms. The maximum atomic E-state index is 13.2. The zero-order valence-electron chi connectivity index (χ0n) is 9.12. The third-order valence-corrected chi connectivity index (χ3v) is 3.02. The van der Waals surface area contributed by atoms with Crippen LogP contribution in [0.1, 0.15) is 5.82 Å². The van der Waals surface area contributed by atoms with E-state index in [2.05, 4.69) is 20.9 Å². The van der Waals surface area contributed by atoms with Crippen molar-refractivity contribution in [3.05, 3.63) is 28.5 Å². The second kappa shape index (κ2) is 4.34. The molecule has 1 N–H and O–H groups in total. The fourth-order valence-electron chi connectivity index (χ4n) is 1.70. The zero-order chi connectivity index (χ0) is 12.6. The first-order valence-corrected chi connectivity index (χ1v) is 5.83. The summed E-state index contributed by atoms with van der Waals surface area (Å²) in [6.07, 6.45) is 0. The molecule has 6 heteroatoms. The molecule has 0 atom stereocenters. The number of rotatable bonds is 3. The molecule has 3 nitrogen and oxygen atoms in total. The molecule has 0 saturated heterocycles. The van der Waals surface area contributed by atoms with Gasteiger partial charge in [0.05, 0.1) is 17.6 Å². The second-order valence-corrected chi connectivity index (χ2v) is 4.81. The van der Waals surface area contributed by atoms with Crippen molar-refractivity contribution in [2.24, 2.45) is 0 Å². The number of aromatic nitrogens is 2. The van der Waals surface area contributed by atoms with Gasteiger partial charge in [-0.2, -0.15) is 0 Å². The molecule has 2 aromatic rings. The van der Waals surface area contributed by atoms with Crippen molar-refractivity contribution < 1.29 is 13.9 Å². The number of nitrogens with zero attached hydrogens (tertiary/aromatic N) is 2. The summed E-state index contributed by atoms with van der Waals surface area (Å²) in [5.41, 5.74) is 1.30. The summed E-state index contributed by atoms with van der Waals surface area (Å²) in [4.78, 5) is 4.20. The van der Waals surface area contributed by atoms with Crippen LogP contribution in [0.25, 0.3) is 11.0 Å². The highest BCUT2D eigenvalue weighted by molar-refractivity contribution is 9.10. The van der Waals surface area contributed by atoms with Crippen LogP contribution in [0.5, 0.6) is 0 Å². The Morgan fingerprint density at radius 1 is 1.47 bits per heavy atom. The third kappa shape index (κ3) is 2.47. The average molecular weight is 305 g/mol. The van der Waals surface area contributed by atoms with Gasteiger partial charge in [-0.25, -0.2) is 13.8 Å². The molecule has 0 fully saturated rings. The Morgan fingerprint density at radius 2 is 2.18 bits per heavy atom. The predicted octanol–water partition coefficient (Wildman–Crippen LogP) is 2.73. The summed E-state index contributed by atoms with van der Waals surface area (Å²) in [7, 11) is 0. The van der Waals surface area contributed by atoms with Gasteiger partial charge in [0, 0.05) is 4.47 Å². The monoisotopic (exact) mass is 304 g/mol. The van der Waals surface area contributed by atoms with E-state index >= 15 is 0 Å². The number of aliphatic hydroxyl groups excluding tert-OH is 1. The minimum Gasteiger partial charge on any atom is -0.390 e. The lowest BCUT2D eigenvalue weighted by Crippen LogP contribution is -2.28. The van der Waals surface area contributed by atoms with Crippen LogP contribution in [0, 0.1) is 6.92 Å². The van der Waals surface area contributed by atoms with Crippen LogP contribution in [0.3, 0.4) is 0 Å². The van der Waals surface area contributed by atoms with Crippen molar-refractivity contribution in [3.63, 3.8) is 0 Å². The van der Waals surface area contributed by atoms with Gasteiger partial charge in [-0.15, -0.1) is 0 Å². The van der Waals surface area contributed by atoms with E-state index < -0.39 is 19.1 Å². The van der Waals surface area contributed by atoms with Gasteiger partial charge in [0.1, 0.15) is 12.4 Å². The van der Waals surface area contributed by atoms with Gasteiger partial charge < -0.3 is 9.67 Å². The number of fused-ring (bicyclic) bond motifs is 1. The molecule has 2 rings (SSSR count). The van der Waals surface area contributed by atoms with Crippen LogP contribution >= 0.6 is 15.9 Å². The highest BCUT2D eigenvalue weighted by atomic mass is 79.9. The summed E-state index contributed by atoms with van der Waals surface area (Å²) in [6, 6.07) is 5.31. The van der Waals surface area contributed by atoms with Crippen LogP contribution in [-0.4, -0.2) is 27.2 Å². The largest absolute Gasteiger partial charge is 0.390 e. The maximum absolute atomic E-state index is 13.2. The Kier molecular flexibility index (Phi) is 3.18. The first-order chi connectivity index (χ1) is 7.93. The highest BCUT2D eigenvalue weighted by Crippen LogP contribution is 2.24. The molecule has 0 spiro atoms. The number of imidazole rings is 1. The number of hydrogen-bond donors (Lipinski definition) is 1. The van der Waals surface area contributed by atoms with E-state index in [4.69, 9.17) is 5.11 Å². The average Bonchev–Trinajstić information content (AvgIpc) is 2.56. The molecule has 1 aromatic carbocycles. The van der Waals surface area contributed by atoms with Crippen molar-refractivity contribution in [1.82, 2.24) is 9.55 Å². The molecule has 0 saturated carbocycles. The van der Waals surface area contributed by atoms with Gasteiger partial charge in [0.15, 0.2) is 0 Å². The first-order valence-electron chi connectivity index (χ1n) is 5.04. The number of aryl methyl sites for hydroxylation is 1. The molecule has 0 amide bonds. The Bertz CT molecular complexity index is 554. The SMILES string of the molecule is Cc1nc2ccc(Br)cc2n1CC(F)(F)CO. The molecule has 92 valence electrons. The molecular formula is C11H11BrF2N2O. The predicted molar refractivity (Wildman–Crippen MR) is 64.2 cm³/mol. The van der Waals surface area contributed by atoms with E-state index in [-0.39, 0.29) is 0 Å². The second-order valence-electron chi connectivity index (χ2n) is 3.89. The standard InChI is InChI=1S/C11H11BrF2N2O/c1-7-15-9-3-2-8(12)4-10(9)16(7)5-11(13,14)6-17/h2-4,17H,5-6H2,1H3. The van der Waals surface area contributed by atoms with Crippen molar-refractivity contribution in [3.8, 4) is 0 Å². The van der Waals surface area contributed by atoms with Gasteiger partial charge in [-0.05, 0) is 25.1 Å². The molecule has 0 aliphatic rings. The maximum Gasteiger partial charge on any atom is 0.288 e. The number of aliphatic hydroxyl groups is 1. The smallest absolute Gasteiger partial charge is 0.288 e. The van der Waals surface area contributed by atoms with E-state index in [0.29, 0.717) is 16.9 Å². The Labute approximate surface area is 105 Å². The van der Waals surface area contributed by atoms with Gasteiger partial charge in [0.2, 0.25) is 0 Å². The van der Waals surface area contributed by atoms with Gasteiger partial charge in [0.25, 0.3) is 5.92 Å². The van der Waals surface area contributed by atoms with Gasteiger partial charge in [-0.3, -0.25) is 0 Å². The van der Waals surface area contributed by atoms with E-state index in [1.807, 2.05) is 6.07 Å². The number of halogens is 3. The lowest BCUT2D eigenvalue weighted by atomic mass is 10.3. The minimum absolute atomic E-state index is 0.506. The van der Waals surface area contributed by atoms with Crippen molar-refractivity contribution >= 4 is 27.0 Å². The molecule has 0 aliphatic carbocycles. The van der Waals surface area contributed by atoms with Crippen LogP contribution in [0.2, 0.25) is 0 Å². The molecule has 17 heavy (non-hydrogen) atoms. The highest BCUT2D eigenvalue weighted by Gasteiger charge is 2.29. The van der Waals surface area contributed by atoms with Crippen LogP contribution in [0.15, 0.2) is 22.7 Å². The fourth-order valence-corrected chi connectivity index (χ4v) is 2.05. The summed E-state index contributed by atoms with van der Waals surface area (Å²) in [5.74, 6) is -2.63. The molecular weight excluding hydrogens is 294 g/mol. The van der Waals surface area contributed by atoms with E-state index in [1.165, 1.54) is 4.57 Å². The fraction of sp³-hybridized carbons (Fsp3) is 0.364. The number of benzene rings is 1. The topological polar surface area (TPSA) is 38.0 Å². The Hall–Kier alpha value is -1.01. The number of alkyl halides is 2. The Morgan fingerprint density at radius 3 is 2.82 bits per heavy atom. The summed E-state index contributed by atoms with van der Waals surface area (Å²) in [5, 5.41) is 8.62. The van der Waals surface area contributed by atoms with Crippen molar-refractivity contribution in [2.45, 2.75) is 19.4 Å². The van der Waals surface area contributed by atoms with E-state index in [9.17, 15) is 8.78 Å². The van der Waals surface area contributed by atoms with Crippen molar-refractivity contribution in [2.75, 3.05) is 6.61 Å². The summed E-state index contributed by atoms with van der Waals surface area (Å²) >= 11 is 3.29. The van der Waals surface area contributed by atoms with Gasteiger partial charge >= 0.3 is 0 Å².